The van der Waals surface area contributed by atoms with E-state index in [0.29, 0.717) is 11.5 Å². The molecule has 0 atom stereocenters. The van der Waals surface area contributed by atoms with Crippen molar-refractivity contribution in [3.63, 3.8) is 0 Å². The number of aliphatic hydroxyl groups excluding tert-OH is 1. The maximum atomic E-state index is 9.02. The zero-order valence-electron chi connectivity index (χ0n) is 8.29. The Balaban J connectivity index is 3.08. The van der Waals surface area contributed by atoms with Gasteiger partial charge in [0.2, 0.25) is 0 Å². The highest BCUT2D eigenvalue weighted by atomic mass is 127. The lowest BCUT2D eigenvalue weighted by atomic mass is 10.2. The molecule has 1 rings (SSSR count). The van der Waals surface area contributed by atoms with Crippen molar-refractivity contribution in [2.24, 2.45) is 0 Å². The summed E-state index contributed by atoms with van der Waals surface area (Å²) < 4.78 is 11.4. The van der Waals surface area contributed by atoms with Crippen LogP contribution in [0.2, 0.25) is 0 Å². The molecular formula is C11H11IO3. The SMILES string of the molecule is C#CCOc1c(I)cc(CO)cc1OC. The zero-order valence-corrected chi connectivity index (χ0v) is 10.4. The first-order chi connectivity index (χ1) is 7.22. The van der Waals surface area contributed by atoms with Gasteiger partial charge in [0.05, 0.1) is 17.3 Å². The highest BCUT2D eigenvalue weighted by Crippen LogP contribution is 2.33. The van der Waals surface area contributed by atoms with Gasteiger partial charge in [-0.1, -0.05) is 5.92 Å². The van der Waals surface area contributed by atoms with Gasteiger partial charge >= 0.3 is 0 Å². The van der Waals surface area contributed by atoms with Gasteiger partial charge in [-0.15, -0.1) is 6.42 Å². The van der Waals surface area contributed by atoms with Crippen LogP contribution in [0.3, 0.4) is 0 Å². The van der Waals surface area contributed by atoms with Crippen molar-refractivity contribution in [1.82, 2.24) is 0 Å². The molecule has 0 saturated heterocycles. The first-order valence-electron chi connectivity index (χ1n) is 4.26. The maximum absolute atomic E-state index is 9.02. The Hall–Kier alpha value is -0.930. The molecule has 0 aliphatic carbocycles. The minimum absolute atomic E-state index is 0.0260. The van der Waals surface area contributed by atoms with Gasteiger partial charge in [0.25, 0.3) is 0 Å². The largest absolute Gasteiger partial charge is 0.493 e. The van der Waals surface area contributed by atoms with E-state index in [-0.39, 0.29) is 13.2 Å². The molecule has 0 heterocycles. The van der Waals surface area contributed by atoms with E-state index in [4.69, 9.17) is 21.0 Å². The van der Waals surface area contributed by atoms with Crippen LogP contribution in [0.25, 0.3) is 0 Å². The Morgan fingerprint density at radius 3 is 2.80 bits per heavy atom. The normalized spacial score (nSPS) is 9.47. The lowest BCUT2D eigenvalue weighted by molar-refractivity contribution is 0.279. The number of methoxy groups -OCH3 is 1. The van der Waals surface area contributed by atoms with E-state index in [9.17, 15) is 0 Å². The van der Waals surface area contributed by atoms with Crippen LogP contribution < -0.4 is 9.47 Å². The summed E-state index contributed by atoms with van der Waals surface area (Å²) >= 11 is 2.11. The molecule has 0 spiro atoms. The summed E-state index contributed by atoms with van der Waals surface area (Å²) in [6, 6.07) is 3.56. The molecule has 0 saturated carbocycles. The summed E-state index contributed by atoms with van der Waals surface area (Å²) in [5.41, 5.74) is 0.782. The van der Waals surface area contributed by atoms with E-state index in [0.717, 1.165) is 9.13 Å². The summed E-state index contributed by atoms with van der Waals surface area (Å²) in [7, 11) is 1.55. The third-order valence-electron chi connectivity index (χ3n) is 1.77. The van der Waals surface area contributed by atoms with Crippen LogP contribution >= 0.6 is 22.6 Å². The molecule has 4 heteroatoms. The average molecular weight is 318 g/mol. The number of aliphatic hydroxyl groups is 1. The summed E-state index contributed by atoms with van der Waals surface area (Å²) in [5.74, 6) is 3.60. The molecule has 0 aliphatic heterocycles. The van der Waals surface area contributed by atoms with Gasteiger partial charge in [0, 0.05) is 0 Å². The number of ether oxygens (including phenoxy) is 2. The number of halogens is 1. The molecule has 3 nitrogen and oxygen atoms in total. The molecule has 0 bridgehead atoms. The van der Waals surface area contributed by atoms with Crippen LogP contribution in [0.1, 0.15) is 5.56 Å². The molecule has 0 fully saturated rings. The standard InChI is InChI=1S/C11H11IO3/c1-3-4-15-11-9(12)5-8(7-13)6-10(11)14-2/h1,5-6,13H,4,7H2,2H3. The highest BCUT2D eigenvalue weighted by Gasteiger charge is 2.10. The second-order valence-corrected chi connectivity index (χ2v) is 3.92. The van der Waals surface area contributed by atoms with Crippen LogP contribution in [-0.4, -0.2) is 18.8 Å². The topological polar surface area (TPSA) is 38.7 Å². The monoisotopic (exact) mass is 318 g/mol. The van der Waals surface area contributed by atoms with Crippen molar-refractivity contribution in [1.29, 1.82) is 0 Å². The minimum atomic E-state index is -0.0260. The van der Waals surface area contributed by atoms with Crippen molar-refractivity contribution in [2.75, 3.05) is 13.7 Å². The van der Waals surface area contributed by atoms with E-state index in [1.165, 1.54) is 0 Å². The first-order valence-corrected chi connectivity index (χ1v) is 5.34. The van der Waals surface area contributed by atoms with E-state index < -0.39 is 0 Å². The van der Waals surface area contributed by atoms with Gasteiger partial charge in [-0.05, 0) is 40.3 Å². The van der Waals surface area contributed by atoms with Crippen LogP contribution in [0, 0.1) is 15.9 Å². The highest BCUT2D eigenvalue weighted by molar-refractivity contribution is 14.1. The van der Waals surface area contributed by atoms with Gasteiger partial charge in [-0.2, -0.15) is 0 Å². The first kappa shape index (κ1) is 12.1. The zero-order chi connectivity index (χ0) is 11.3. The quantitative estimate of drug-likeness (QED) is 0.680. The number of benzene rings is 1. The Morgan fingerprint density at radius 1 is 1.53 bits per heavy atom. The fourth-order valence-corrected chi connectivity index (χ4v) is 1.94. The number of hydrogen-bond acceptors (Lipinski definition) is 3. The smallest absolute Gasteiger partial charge is 0.175 e. The van der Waals surface area contributed by atoms with Crippen LogP contribution in [0.4, 0.5) is 0 Å². The van der Waals surface area contributed by atoms with Crippen molar-refractivity contribution in [3.05, 3.63) is 21.3 Å². The van der Waals surface area contributed by atoms with Crippen molar-refractivity contribution in [2.45, 2.75) is 6.61 Å². The fraction of sp³-hybridized carbons (Fsp3) is 0.273. The molecule has 1 aromatic rings. The van der Waals surface area contributed by atoms with E-state index >= 15 is 0 Å². The summed E-state index contributed by atoms with van der Waals surface area (Å²) in [6.07, 6.45) is 5.12. The lowest BCUT2D eigenvalue weighted by Crippen LogP contribution is -2.00. The molecule has 1 N–H and O–H groups in total. The Bertz CT molecular complexity index is 382. The van der Waals surface area contributed by atoms with E-state index in [2.05, 4.69) is 28.5 Å². The molecule has 0 aliphatic rings. The number of hydrogen-bond donors (Lipinski definition) is 1. The predicted octanol–water partition coefficient (Wildman–Crippen LogP) is 1.80. The summed E-state index contributed by atoms with van der Waals surface area (Å²) in [4.78, 5) is 0. The minimum Gasteiger partial charge on any atom is -0.493 e. The van der Waals surface area contributed by atoms with Gasteiger partial charge in [-0.3, -0.25) is 0 Å². The molecule has 1 aromatic carbocycles. The molecule has 15 heavy (non-hydrogen) atoms. The second-order valence-electron chi connectivity index (χ2n) is 2.76. The average Bonchev–Trinajstić information content (AvgIpc) is 2.26. The lowest BCUT2D eigenvalue weighted by Gasteiger charge is -2.12. The van der Waals surface area contributed by atoms with Gasteiger partial charge in [-0.25, -0.2) is 0 Å². The maximum Gasteiger partial charge on any atom is 0.175 e. The molecule has 80 valence electrons. The van der Waals surface area contributed by atoms with Gasteiger partial charge in [0.1, 0.15) is 6.61 Å². The number of terminal acetylenes is 1. The molecule has 0 aromatic heterocycles. The molecule has 0 radical (unpaired) electrons. The van der Waals surface area contributed by atoms with Crippen molar-refractivity contribution >= 4 is 22.6 Å². The summed E-state index contributed by atoms with van der Waals surface area (Å²) in [6.45, 7) is 0.173. The van der Waals surface area contributed by atoms with Gasteiger partial charge < -0.3 is 14.6 Å². The fourth-order valence-electron chi connectivity index (χ4n) is 1.12. The van der Waals surface area contributed by atoms with Crippen LogP contribution in [0.15, 0.2) is 12.1 Å². The summed E-state index contributed by atoms with van der Waals surface area (Å²) in [5, 5.41) is 9.02. The Kier molecular flexibility index (Phi) is 4.72. The van der Waals surface area contributed by atoms with Crippen molar-refractivity contribution in [3.8, 4) is 23.8 Å². The van der Waals surface area contributed by atoms with E-state index in [1.807, 2.05) is 6.07 Å². The molecule has 0 amide bonds. The molecule has 0 unspecified atom stereocenters. The third kappa shape index (κ3) is 3.01. The Labute approximate surface area is 103 Å². The Morgan fingerprint density at radius 2 is 2.27 bits per heavy atom. The van der Waals surface area contributed by atoms with Gasteiger partial charge in [0.15, 0.2) is 11.5 Å². The van der Waals surface area contributed by atoms with Crippen molar-refractivity contribution < 1.29 is 14.6 Å². The van der Waals surface area contributed by atoms with E-state index in [1.54, 1.807) is 13.2 Å². The van der Waals surface area contributed by atoms with Crippen LogP contribution in [0.5, 0.6) is 11.5 Å². The molecular weight excluding hydrogens is 307 g/mol. The number of rotatable bonds is 4. The second kappa shape index (κ2) is 5.83. The van der Waals surface area contributed by atoms with Crippen LogP contribution in [-0.2, 0) is 6.61 Å². The third-order valence-corrected chi connectivity index (χ3v) is 2.57. The predicted molar refractivity (Wildman–Crippen MR) is 66.0 cm³/mol.